The predicted octanol–water partition coefficient (Wildman–Crippen LogP) is 3.29. The van der Waals surface area contributed by atoms with E-state index < -0.39 is 6.10 Å². The summed E-state index contributed by atoms with van der Waals surface area (Å²) >= 11 is 0. The van der Waals surface area contributed by atoms with E-state index in [9.17, 15) is 14.7 Å². The van der Waals surface area contributed by atoms with E-state index in [0.717, 1.165) is 42.5 Å². The van der Waals surface area contributed by atoms with Crippen molar-refractivity contribution >= 4 is 22.6 Å². The Bertz CT molecular complexity index is 1190. The van der Waals surface area contributed by atoms with Crippen LogP contribution in [0.4, 0.5) is 0 Å². The first-order valence-corrected chi connectivity index (χ1v) is 13.0. The van der Waals surface area contributed by atoms with Gasteiger partial charge in [0.1, 0.15) is 25.0 Å². The fourth-order valence-electron chi connectivity index (χ4n) is 5.51. The number of rotatable bonds is 8. The van der Waals surface area contributed by atoms with Crippen LogP contribution in [0.5, 0.6) is 5.75 Å². The third-order valence-corrected chi connectivity index (χ3v) is 7.62. The van der Waals surface area contributed by atoms with Gasteiger partial charge in [0.15, 0.2) is 0 Å². The lowest BCUT2D eigenvalue weighted by Crippen LogP contribution is -3.14. The molecular weight excluding hydrogens is 452 g/mol. The summed E-state index contributed by atoms with van der Waals surface area (Å²) in [7, 11) is 0. The van der Waals surface area contributed by atoms with Crippen molar-refractivity contribution in [1.29, 1.82) is 0 Å². The van der Waals surface area contributed by atoms with Gasteiger partial charge < -0.3 is 14.7 Å². The summed E-state index contributed by atoms with van der Waals surface area (Å²) in [5.41, 5.74) is 2.50. The Labute approximate surface area is 212 Å². The van der Waals surface area contributed by atoms with Crippen LogP contribution < -0.4 is 9.64 Å². The van der Waals surface area contributed by atoms with Crippen molar-refractivity contribution in [2.45, 2.75) is 38.7 Å². The molecule has 0 aliphatic carbocycles. The summed E-state index contributed by atoms with van der Waals surface area (Å²) < 4.78 is 5.80. The molecule has 1 fully saturated rings. The number of quaternary nitrogens is 1. The van der Waals surface area contributed by atoms with E-state index in [1.54, 1.807) is 0 Å². The lowest BCUT2D eigenvalue weighted by atomic mass is 9.91. The summed E-state index contributed by atoms with van der Waals surface area (Å²) in [4.78, 5) is 29.2. The molecule has 0 radical (unpaired) electrons. The number of piperidine rings is 1. The number of carbonyl (C=O) groups is 2. The summed E-state index contributed by atoms with van der Waals surface area (Å²) in [5.74, 6) is 1.16. The Morgan fingerprint density at radius 3 is 2.14 bits per heavy atom. The quantitative estimate of drug-likeness (QED) is 0.479. The van der Waals surface area contributed by atoms with Gasteiger partial charge in [-0.2, -0.15) is 0 Å². The number of aliphatic hydroxyl groups excluding tert-OH is 1. The Hall–Kier alpha value is -3.22. The van der Waals surface area contributed by atoms with Crippen LogP contribution in [-0.4, -0.2) is 60.7 Å². The molecule has 0 saturated carbocycles. The molecule has 1 saturated heterocycles. The monoisotopic (exact) mass is 487 g/mol. The molecule has 0 spiro atoms. The molecule has 2 aliphatic heterocycles. The van der Waals surface area contributed by atoms with Crippen LogP contribution in [0.25, 0.3) is 10.8 Å². The van der Waals surface area contributed by atoms with Crippen LogP contribution in [0.15, 0.2) is 60.7 Å². The van der Waals surface area contributed by atoms with E-state index in [1.165, 1.54) is 15.4 Å². The standard InChI is InChI=1S/C30H34N2O4/c1-20(2)22-9-11-25(12-10-22)36-19-24(33)18-31-15-13-21(14-16-31)17-32-29(34)26-7-3-5-23-6-4-8-27(28(23)26)30(32)35/h3-12,20-21,24,33H,13-19H2,1-2H3/p+1/t24-/m0/s1. The second-order valence-corrected chi connectivity index (χ2v) is 10.5. The highest BCUT2D eigenvalue weighted by molar-refractivity contribution is 6.25. The second kappa shape index (κ2) is 10.4. The molecule has 36 heavy (non-hydrogen) atoms. The minimum Gasteiger partial charge on any atom is -0.491 e. The van der Waals surface area contributed by atoms with Crippen LogP contribution >= 0.6 is 0 Å². The smallest absolute Gasteiger partial charge is 0.261 e. The molecule has 0 unspecified atom stereocenters. The zero-order valence-corrected chi connectivity index (χ0v) is 21.1. The largest absolute Gasteiger partial charge is 0.491 e. The number of benzene rings is 3. The van der Waals surface area contributed by atoms with Gasteiger partial charge in [-0.15, -0.1) is 0 Å². The van der Waals surface area contributed by atoms with Gasteiger partial charge in [-0.25, -0.2) is 0 Å². The molecule has 2 heterocycles. The van der Waals surface area contributed by atoms with E-state index in [1.807, 2.05) is 48.5 Å². The number of amides is 2. The molecular formula is C30H35N2O4+. The third kappa shape index (κ3) is 5.01. The number of aliphatic hydroxyl groups is 1. The van der Waals surface area contributed by atoms with Crippen LogP contribution in [0, 0.1) is 5.92 Å². The van der Waals surface area contributed by atoms with Crippen molar-refractivity contribution in [3.63, 3.8) is 0 Å². The molecule has 2 aliphatic rings. The van der Waals surface area contributed by atoms with E-state index in [2.05, 4.69) is 26.0 Å². The SMILES string of the molecule is CC(C)c1ccc(OC[C@@H](O)C[NH+]2CCC(CN3C(=O)c4cccc5cccc(c45)C3=O)CC2)cc1. The number of likely N-dealkylation sites (tertiary alicyclic amines) is 1. The highest BCUT2D eigenvalue weighted by atomic mass is 16.5. The lowest BCUT2D eigenvalue weighted by Gasteiger charge is -2.34. The van der Waals surface area contributed by atoms with Crippen LogP contribution in [0.1, 0.15) is 58.9 Å². The molecule has 3 aromatic carbocycles. The van der Waals surface area contributed by atoms with Gasteiger partial charge in [0.2, 0.25) is 0 Å². The molecule has 6 nitrogen and oxygen atoms in total. The summed E-state index contributed by atoms with van der Waals surface area (Å²) in [6.07, 6.45) is 1.30. The third-order valence-electron chi connectivity index (χ3n) is 7.62. The fourth-order valence-corrected chi connectivity index (χ4v) is 5.51. The normalized spacial score (nSPS) is 20.7. The average molecular weight is 488 g/mol. The van der Waals surface area contributed by atoms with Gasteiger partial charge in [-0.3, -0.25) is 14.5 Å². The zero-order valence-electron chi connectivity index (χ0n) is 21.1. The van der Waals surface area contributed by atoms with E-state index >= 15 is 0 Å². The molecule has 3 aromatic rings. The summed E-state index contributed by atoms with van der Waals surface area (Å²) in [6, 6.07) is 19.3. The predicted molar refractivity (Wildman–Crippen MR) is 140 cm³/mol. The van der Waals surface area contributed by atoms with E-state index in [4.69, 9.17) is 4.74 Å². The molecule has 6 heteroatoms. The number of nitrogens with zero attached hydrogens (tertiary/aromatic N) is 1. The first-order chi connectivity index (χ1) is 17.4. The van der Waals surface area contributed by atoms with E-state index in [-0.39, 0.29) is 24.3 Å². The topological polar surface area (TPSA) is 71.3 Å². The van der Waals surface area contributed by atoms with Crippen LogP contribution in [0.2, 0.25) is 0 Å². The Kier molecular flexibility index (Phi) is 7.08. The zero-order chi connectivity index (χ0) is 25.2. The number of ether oxygens (including phenoxy) is 1. The average Bonchev–Trinajstić information content (AvgIpc) is 2.89. The van der Waals surface area contributed by atoms with Crippen LogP contribution in [-0.2, 0) is 0 Å². The van der Waals surface area contributed by atoms with Crippen molar-refractivity contribution in [2.24, 2.45) is 5.92 Å². The lowest BCUT2D eigenvalue weighted by molar-refractivity contribution is -0.909. The number of hydrogen-bond donors (Lipinski definition) is 2. The summed E-state index contributed by atoms with van der Waals surface area (Å²) in [6.45, 7) is 7.50. The maximum atomic E-state index is 13.2. The van der Waals surface area contributed by atoms with Gasteiger partial charge >= 0.3 is 0 Å². The number of nitrogens with one attached hydrogen (secondary N) is 1. The first kappa shape index (κ1) is 24.5. The van der Waals surface area contributed by atoms with Gasteiger partial charge in [0.25, 0.3) is 11.8 Å². The number of hydrogen-bond acceptors (Lipinski definition) is 4. The van der Waals surface area contributed by atoms with Crippen LogP contribution in [0.3, 0.4) is 0 Å². The Morgan fingerprint density at radius 2 is 1.56 bits per heavy atom. The van der Waals surface area contributed by atoms with Crippen molar-refractivity contribution in [2.75, 3.05) is 32.8 Å². The second-order valence-electron chi connectivity index (χ2n) is 10.5. The van der Waals surface area contributed by atoms with E-state index in [0.29, 0.717) is 30.1 Å². The minimum atomic E-state index is -0.538. The van der Waals surface area contributed by atoms with Gasteiger partial charge in [-0.1, -0.05) is 50.2 Å². The first-order valence-electron chi connectivity index (χ1n) is 13.0. The molecule has 2 amide bonds. The number of carbonyl (C=O) groups excluding carboxylic acids is 2. The minimum absolute atomic E-state index is 0.187. The van der Waals surface area contributed by atoms with Crippen molar-refractivity contribution < 1.29 is 24.3 Å². The number of imide groups is 1. The van der Waals surface area contributed by atoms with Gasteiger partial charge in [-0.05, 0) is 47.1 Å². The van der Waals surface area contributed by atoms with Gasteiger partial charge in [0.05, 0.1) is 13.1 Å². The van der Waals surface area contributed by atoms with Gasteiger partial charge in [0, 0.05) is 35.9 Å². The highest BCUT2D eigenvalue weighted by Crippen LogP contribution is 2.31. The molecule has 1 atom stereocenters. The Balaban J connectivity index is 1.11. The molecule has 0 aromatic heterocycles. The maximum absolute atomic E-state index is 13.2. The van der Waals surface area contributed by atoms with Crippen molar-refractivity contribution in [3.05, 3.63) is 77.4 Å². The maximum Gasteiger partial charge on any atom is 0.261 e. The molecule has 5 rings (SSSR count). The molecule has 188 valence electrons. The molecule has 2 N–H and O–H groups in total. The molecule has 0 bridgehead atoms. The van der Waals surface area contributed by atoms with Crippen molar-refractivity contribution in [3.8, 4) is 5.75 Å². The highest BCUT2D eigenvalue weighted by Gasteiger charge is 2.35. The van der Waals surface area contributed by atoms with Crippen molar-refractivity contribution in [1.82, 2.24) is 4.90 Å². The fraction of sp³-hybridized carbons (Fsp3) is 0.400. The Morgan fingerprint density at radius 1 is 0.944 bits per heavy atom. The summed E-state index contributed by atoms with van der Waals surface area (Å²) in [5, 5.41) is 12.2.